The monoisotopic (exact) mass is 396 g/mol. The maximum atomic E-state index is 13.1. The lowest BCUT2D eigenvalue weighted by Crippen LogP contribution is -2.47. The second kappa shape index (κ2) is 7.46. The standard InChI is InChI=1S/C21H20N2O6/c1-27-16-8-4-2-6-14(16)13-29-18(24)12-23-19(25)21(22-20(23)26)10-11-28-17-9-5-3-7-15(17)21/h2-9H,10-13H2,1H3,(H,22,26)/t21-/m0/s1. The summed E-state index contributed by atoms with van der Waals surface area (Å²) in [5.74, 6) is -0.0228. The summed E-state index contributed by atoms with van der Waals surface area (Å²) in [6.07, 6.45) is 0.293. The number of esters is 1. The quantitative estimate of drug-likeness (QED) is 0.613. The number of para-hydroxylation sites is 2. The topological polar surface area (TPSA) is 94.2 Å². The Labute approximate surface area is 167 Å². The van der Waals surface area contributed by atoms with Crippen molar-refractivity contribution in [2.75, 3.05) is 20.3 Å². The van der Waals surface area contributed by atoms with Crippen molar-refractivity contribution in [3.63, 3.8) is 0 Å². The van der Waals surface area contributed by atoms with Crippen LogP contribution in [0.5, 0.6) is 11.5 Å². The van der Waals surface area contributed by atoms with Crippen LogP contribution >= 0.6 is 0 Å². The third-order valence-electron chi connectivity index (χ3n) is 5.13. The first-order valence-corrected chi connectivity index (χ1v) is 9.19. The van der Waals surface area contributed by atoms with E-state index in [9.17, 15) is 14.4 Å². The van der Waals surface area contributed by atoms with Crippen molar-refractivity contribution in [1.82, 2.24) is 10.2 Å². The van der Waals surface area contributed by atoms with E-state index < -0.39 is 30.0 Å². The molecule has 3 amide bonds. The second-order valence-electron chi connectivity index (χ2n) is 6.79. The van der Waals surface area contributed by atoms with Crippen LogP contribution in [0.3, 0.4) is 0 Å². The van der Waals surface area contributed by atoms with Gasteiger partial charge in [-0.1, -0.05) is 36.4 Å². The van der Waals surface area contributed by atoms with E-state index in [0.29, 0.717) is 29.0 Å². The third kappa shape index (κ3) is 3.26. The first-order valence-electron chi connectivity index (χ1n) is 9.19. The molecule has 150 valence electrons. The highest BCUT2D eigenvalue weighted by molar-refractivity contribution is 6.09. The van der Waals surface area contributed by atoms with Crippen molar-refractivity contribution < 1.29 is 28.6 Å². The predicted molar refractivity (Wildman–Crippen MR) is 101 cm³/mol. The fourth-order valence-corrected chi connectivity index (χ4v) is 3.67. The van der Waals surface area contributed by atoms with Crippen LogP contribution in [-0.2, 0) is 26.5 Å². The predicted octanol–water partition coefficient (Wildman–Crippen LogP) is 1.97. The van der Waals surface area contributed by atoms with Crippen molar-refractivity contribution in [1.29, 1.82) is 0 Å². The average Bonchev–Trinajstić information content (AvgIpc) is 2.97. The van der Waals surface area contributed by atoms with E-state index in [-0.39, 0.29) is 13.2 Å². The Balaban J connectivity index is 1.47. The van der Waals surface area contributed by atoms with Crippen molar-refractivity contribution in [2.24, 2.45) is 0 Å². The van der Waals surface area contributed by atoms with Gasteiger partial charge in [0.25, 0.3) is 5.91 Å². The highest BCUT2D eigenvalue weighted by Gasteiger charge is 2.55. The number of amides is 3. The summed E-state index contributed by atoms with van der Waals surface area (Å²) in [6.45, 7) is -0.200. The minimum absolute atomic E-state index is 0.0195. The van der Waals surface area contributed by atoms with E-state index in [1.807, 2.05) is 6.07 Å². The molecule has 1 spiro atoms. The van der Waals surface area contributed by atoms with Crippen LogP contribution in [0.1, 0.15) is 17.5 Å². The van der Waals surface area contributed by atoms with Gasteiger partial charge in [-0.25, -0.2) is 4.79 Å². The third-order valence-corrected chi connectivity index (χ3v) is 5.13. The van der Waals surface area contributed by atoms with Gasteiger partial charge in [0.15, 0.2) is 5.54 Å². The number of ether oxygens (including phenoxy) is 3. The zero-order valence-corrected chi connectivity index (χ0v) is 15.8. The molecule has 2 heterocycles. The molecule has 29 heavy (non-hydrogen) atoms. The van der Waals surface area contributed by atoms with Crippen LogP contribution in [0.25, 0.3) is 0 Å². The molecule has 0 saturated carbocycles. The minimum Gasteiger partial charge on any atom is -0.496 e. The van der Waals surface area contributed by atoms with Gasteiger partial charge in [0.05, 0.1) is 13.7 Å². The Morgan fingerprint density at radius 2 is 1.93 bits per heavy atom. The van der Waals surface area contributed by atoms with Crippen molar-refractivity contribution in [3.05, 3.63) is 59.7 Å². The second-order valence-corrected chi connectivity index (χ2v) is 6.79. The molecule has 2 aliphatic rings. The Morgan fingerprint density at radius 1 is 1.17 bits per heavy atom. The minimum atomic E-state index is -1.21. The average molecular weight is 396 g/mol. The molecule has 0 bridgehead atoms. The number of methoxy groups -OCH3 is 1. The smallest absolute Gasteiger partial charge is 0.326 e. The number of rotatable bonds is 5. The van der Waals surface area contributed by atoms with Crippen LogP contribution in [0.15, 0.2) is 48.5 Å². The number of hydrogen-bond acceptors (Lipinski definition) is 6. The van der Waals surface area contributed by atoms with E-state index in [1.54, 1.807) is 42.5 Å². The maximum absolute atomic E-state index is 13.1. The van der Waals surface area contributed by atoms with Gasteiger partial charge in [0.1, 0.15) is 24.7 Å². The largest absolute Gasteiger partial charge is 0.496 e. The van der Waals surface area contributed by atoms with Crippen LogP contribution in [0.2, 0.25) is 0 Å². The Kier molecular flexibility index (Phi) is 4.84. The molecule has 8 heteroatoms. The zero-order valence-electron chi connectivity index (χ0n) is 15.8. The molecule has 0 unspecified atom stereocenters. The summed E-state index contributed by atoms with van der Waals surface area (Å²) in [6, 6.07) is 13.6. The SMILES string of the molecule is COc1ccccc1COC(=O)CN1C(=O)N[C@]2(CCOc3ccccc32)C1=O. The van der Waals surface area contributed by atoms with Crippen molar-refractivity contribution in [3.8, 4) is 11.5 Å². The first kappa shape index (κ1) is 18.8. The number of benzene rings is 2. The summed E-state index contributed by atoms with van der Waals surface area (Å²) in [5.41, 5.74) is 0.0688. The van der Waals surface area contributed by atoms with Crippen LogP contribution in [0.4, 0.5) is 4.79 Å². The summed E-state index contributed by atoms with van der Waals surface area (Å²) >= 11 is 0. The Hall–Kier alpha value is -3.55. The molecule has 0 radical (unpaired) electrons. The van der Waals surface area contributed by atoms with E-state index in [1.165, 1.54) is 7.11 Å². The fourth-order valence-electron chi connectivity index (χ4n) is 3.67. The molecular weight excluding hydrogens is 376 g/mol. The Bertz CT molecular complexity index is 975. The fraction of sp³-hybridized carbons (Fsp3) is 0.286. The number of nitrogens with zero attached hydrogens (tertiary/aromatic N) is 1. The van der Waals surface area contributed by atoms with Gasteiger partial charge in [0, 0.05) is 17.5 Å². The Morgan fingerprint density at radius 3 is 2.76 bits per heavy atom. The van der Waals surface area contributed by atoms with E-state index in [0.717, 1.165) is 4.90 Å². The van der Waals surface area contributed by atoms with Crippen LogP contribution in [-0.4, -0.2) is 43.1 Å². The van der Waals surface area contributed by atoms with Gasteiger partial charge in [-0.15, -0.1) is 0 Å². The lowest BCUT2D eigenvalue weighted by Gasteiger charge is -2.33. The molecule has 1 saturated heterocycles. The molecule has 2 aliphatic heterocycles. The lowest BCUT2D eigenvalue weighted by atomic mass is 9.84. The lowest BCUT2D eigenvalue weighted by molar-refractivity contribution is -0.149. The molecule has 1 atom stereocenters. The molecule has 2 aromatic carbocycles. The highest BCUT2D eigenvalue weighted by atomic mass is 16.5. The van der Waals surface area contributed by atoms with Gasteiger partial charge in [-0.05, 0) is 12.1 Å². The van der Waals surface area contributed by atoms with Crippen LogP contribution in [0, 0.1) is 0 Å². The summed E-state index contributed by atoms with van der Waals surface area (Å²) in [4.78, 5) is 38.8. The van der Waals surface area contributed by atoms with Gasteiger partial charge >= 0.3 is 12.0 Å². The van der Waals surface area contributed by atoms with Crippen molar-refractivity contribution in [2.45, 2.75) is 18.6 Å². The van der Waals surface area contributed by atoms with E-state index in [2.05, 4.69) is 5.32 Å². The van der Waals surface area contributed by atoms with Gasteiger partial charge in [-0.3, -0.25) is 14.5 Å². The number of fused-ring (bicyclic) bond motifs is 2. The van der Waals surface area contributed by atoms with Crippen LogP contribution < -0.4 is 14.8 Å². The number of urea groups is 1. The number of nitrogens with one attached hydrogen (secondary N) is 1. The van der Waals surface area contributed by atoms with Gasteiger partial charge < -0.3 is 19.5 Å². The van der Waals surface area contributed by atoms with Gasteiger partial charge in [0.2, 0.25) is 0 Å². The number of carbonyl (C=O) groups is 3. The maximum Gasteiger partial charge on any atom is 0.326 e. The molecule has 1 N–H and O–H groups in total. The van der Waals surface area contributed by atoms with Gasteiger partial charge in [-0.2, -0.15) is 0 Å². The van der Waals surface area contributed by atoms with E-state index >= 15 is 0 Å². The zero-order chi connectivity index (χ0) is 20.4. The molecule has 1 fully saturated rings. The summed E-state index contributed by atoms with van der Waals surface area (Å²) in [7, 11) is 1.53. The normalized spacial score (nSPS) is 20.1. The highest BCUT2D eigenvalue weighted by Crippen LogP contribution is 2.40. The van der Waals surface area contributed by atoms with Crippen molar-refractivity contribution >= 4 is 17.9 Å². The molecule has 0 aliphatic carbocycles. The number of hydrogen-bond donors (Lipinski definition) is 1. The summed E-state index contributed by atoms with van der Waals surface area (Å²) < 4.78 is 16.1. The number of imide groups is 1. The first-order chi connectivity index (χ1) is 14.0. The molecule has 2 aromatic rings. The number of carbonyl (C=O) groups excluding carboxylic acids is 3. The molecule has 8 nitrogen and oxygen atoms in total. The van der Waals surface area contributed by atoms with E-state index in [4.69, 9.17) is 14.2 Å². The molecular formula is C21H20N2O6. The molecule has 0 aromatic heterocycles. The molecule has 4 rings (SSSR count). The summed E-state index contributed by atoms with van der Waals surface area (Å²) in [5, 5.41) is 2.75.